The van der Waals surface area contributed by atoms with Crippen molar-refractivity contribution in [3.63, 3.8) is 0 Å². The van der Waals surface area contributed by atoms with E-state index in [1.54, 1.807) is 0 Å². The van der Waals surface area contributed by atoms with Crippen molar-refractivity contribution >= 4 is 0 Å². The SMILES string of the molecule is COC(C)(C)CCC(CNC1CC1)c1ccccc1C. The van der Waals surface area contributed by atoms with E-state index in [1.165, 1.54) is 30.4 Å². The molecule has 20 heavy (non-hydrogen) atoms. The van der Waals surface area contributed by atoms with Gasteiger partial charge >= 0.3 is 0 Å². The maximum Gasteiger partial charge on any atom is 0.0623 e. The van der Waals surface area contributed by atoms with Crippen LogP contribution in [0.2, 0.25) is 0 Å². The zero-order chi connectivity index (χ0) is 14.6. The van der Waals surface area contributed by atoms with Crippen molar-refractivity contribution in [1.29, 1.82) is 0 Å². The molecule has 1 fully saturated rings. The second-order valence-corrected chi connectivity index (χ2v) is 6.74. The lowest BCUT2D eigenvalue weighted by Gasteiger charge is -2.27. The summed E-state index contributed by atoms with van der Waals surface area (Å²) < 4.78 is 5.57. The van der Waals surface area contributed by atoms with E-state index in [4.69, 9.17) is 4.74 Å². The van der Waals surface area contributed by atoms with E-state index in [0.717, 1.165) is 19.0 Å². The highest BCUT2D eigenvalue weighted by Crippen LogP contribution is 2.29. The Hall–Kier alpha value is -0.860. The molecule has 1 N–H and O–H groups in total. The summed E-state index contributed by atoms with van der Waals surface area (Å²) in [5.74, 6) is 0.589. The van der Waals surface area contributed by atoms with Crippen LogP contribution in [0.15, 0.2) is 24.3 Å². The van der Waals surface area contributed by atoms with Gasteiger partial charge in [0.15, 0.2) is 0 Å². The van der Waals surface area contributed by atoms with Gasteiger partial charge in [-0.3, -0.25) is 0 Å². The van der Waals surface area contributed by atoms with Gasteiger partial charge in [0.1, 0.15) is 0 Å². The zero-order valence-corrected chi connectivity index (χ0v) is 13.4. The van der Waals surface area contributed by atoms with Crippen molar-refractivity contribution in [2.45, 2.75) is 64.0 Å². The van der Waals surface area contributed by atoms with Crippen LogP contribution in [-0.4, -0.2) is 25.3 Å². The van der Waals surface area contributed by atoms with Crippen molar-refractivity contribution in [2.75, 3.05) is 13.7 Å². The molecule has 2 rings (SSSR count). The molecule has 2 nitrogen and oxygen atoms in total. The number of ether oxygens (including phenoxy) is 1. The smallest absolute Gasteiger partial charge is 0.0623 e. The van der Waals surface area contributed by atoms with Crippen molar-refractivity contribution in [2.24, 2.45) is 0 Å². The van der Waals surface area contributed by atoms with Crippen LogP contribution in [-0.2, 0) is 4.74 Å². The van der Waals surface area contributed by atoms with Crippen LogP contribution >= 0.6 is 0 Å². The number of hydrogen-bond donors (Lipinski definition) is 1. The zero-order valence-electron chi connectivity index (χ0n) is 13.4. The van der Waals surface area contributed by atoms with E-state index >= 15 is 0 Å². The van der Waals surface area contributed by atoms with Crippen LogP contribution in [0.25, 0.3) is 0 Å². The summed E-state index contributed by atoms with van der Waals surface area (Å²) in [6.07, 6.45) is 4.97. The van der Waals surface area contributed by atoms with Gasteiger partial charge in [-0.2, -0.15) is 0 Å². The molecular formula is C18H29NO. The molecule has 1 aliphatic rings. The average molecular weight is 275 g/mol. The highest BCUT2D eigenvalue weighted by Gasteiger charge is 2.25. The molecule has 1 aromatic rings. The topological polar surface area (TPSA) is 21.3 Å². The first-order valence-electron chi connectivity index (χ1n) is 7.86. The number of rotatable bonds is 8. The summed E-state index contributed by atoms with van der Waals surface area (Å²) in [4.78, 5) is 0. The number of methoxy groups -OCH3 is 1. The van der Waals surface area contributed by atoms with Gasteiger partial charge in [-0.05, 0) is 63.5 Å². The van der Waals surface area contributed by atoms with Gasteiger partial charge in [0.25, 0.3) is 0 Å². The fraction of sp³-hybridized carbons (Fsp3) is 0.667. The molecule has 112 valence electrons. The van der Waals surface area contributed by atoms with Gasteiger partial charge in [0, 0.05) is 19.7 Å². The second kappa shape index (κ2) is 6.73. The molecule has 1 aliphatic carbocycles. The Morgan fingerprint density at radius 3 is 2.60 bits per heavy atom. The van der Waals surface area contributed by atoms with Crippen LogP contribution in [0.5, 0.6) is 0 Å². The highest BCUT2D eigenvalue weighted by molar-refractivity contribution is 5.29. The van der Waals surface area contributed by atoms with E-state index in [1.807, 2.05) is 7.11 Å². The first-order valence-corrected chi connectivity index (χ1v) is 7.86. The van der Waals surface area contributed by atoms with Gasteiger partial charge in [-0.25, -0.2) is 0 Å². The Balaban J connectivity index is 2.01. The van der Waals surface area contributed by atoms with Crippen molar-refractivity contribution in [3.8, 4) is 0 Å². The van der Waals surface area contributed by atoms with Crippen LogP contribution in [0.1, 0.15) is 56.6 Å². The maximum absolute atomic E-state index is 5.57. The molecule has 0 radical (unpaired) electrons. The maximum atomic E-state index is 5.57. The van der Waals surface area contributed by atoms with Crippen molar-refractivity contribution in [1.82, 2.24) is 5.32 Å². The molecule has 0 heterocycles. The molecule has 0 saturated heterocycles. The third-order valence-electron chi connectivity index (χ3n) is 4.51. The highest BCUT2D eigenvalue weighted by atomic mass is 16.5. The minimum atomic E-state index is -0.0273. The van der Waals surface area contributed by atoms with E-state index in [9.17, 15) is 0 Å². The first-order chi connectivity index (χ1) is 9.52. The van der Waals surface area contributed by atoms with E-state index in [2.05, 4.69) is 50.4 Å². The lowest BCUT2D eigenvalue weighted by molar-refractivity contribution is 0.0124. The normalized spacial score (nSPS) is 17.2. The van der Waals surface area contributed by atoms with Crippen LogP contribution < -0.4 is 5.32 Å². The van der Waals surface area contributed by atoms with Crippen LogP contribution in [0.4, 0.5) is 0 Å². The predicted octanol–water partition coefficient (Wildman–Crippen LogP) is 4.04. The Labute approximate surface area is 123 Å². The summed E-state index contributed by atoms with van der Waals surface area (Å²) in [6.45, 7) is 7.67. The van der Waals surface area contributed by atoms with E-state index in [0.29, 0.717) is 5.92 Å². The van der Waals surface area contributed by atoms with E-state index in [-0.39, 0.29) is 5.60 Å². The largest absolute Gasteiger partial charge is 0.379 e. The third kappa shape index (κ3) is 4.60. The van der Waals surface area contributed by atoms with Crippen molar-refractivity contribution < 1.29 is 4.74 Å². The van der Waals surface area contributed by atoms with Gasteiger partial charge < -0.3 is 10.1 Å². The molecule has 1 aromatic carbocycles. The molecule has 1 unspecified atom stereocenters. The summed E-state index contributed by atoms with van der Waals surface area (Å²) in [5, 5.41) is 3.70. The van der Waals surface area contributed by atoms with Crippen LogP contribution in [0.3, 0.4) is 0 Å². The predicted molar refractivity (Wildman–Crippen MR) is 85.3 cm³/mol. The fourth-order valence-corrected chi connectivity index (χ4v) is 2.63. The standard InChI is InChI=1S/C18H29NO/c1-14-7-5-6-8-17(14)15(13-19-16-9-10-16)11-12-18(2,3)20-4/h5-8,15-16,19H,9-13H2,1-4H3. The lowest BCUT2D eigenvalue weighted by Crippen LogP contribution is -2.27. The number of nitrogens with one attached hydrogen (secondary N) is 1. The average Bonchev–Trinajstić information content (AvgIpc) is 3.24. The summed E-state index contributed by atoms with van der Waals surface area (Å²) >= 11 is 0. The van der Waals surface area contributed by atoms with Gasteiger partial charge in [-0.1, -0.05) is 24.3 Å². The molecule has 0 bridgehead atoms. The molecule has 0 aliphatic heterocycles. The van der Waals surface area contributed by atoms with Gasteiger partial charge in [0.2, 0.25) is 0 Å². The molecule has 0 amide bonds. The summed E-state index contributed by atoms with van der Waals surface area (Å²) in [7, 11) is 1.81. The summed E-state index contributed by atoms with van der Waals surface area (Å²) in [5.41, 5.74) is 2.87. The minimum Gasteiger partial charge on any atom is -0.379 e. The monoisotopic (exact) mass is 275 g/mol. The Kier molecular flexibility index (Phi) is 5.22. The first kappa shape index (κ1) is 15.5. The quantitative estimate of drug-likeness (QED) is 0.773. The third-order valence-corrected chi connectivity index (χ3v) is 4.51. The Morgan fingerprint density at radius 2 is 2.00 bits per heavy atom. The number of benzene rings is 1. The molecule has 1 saturated carbocycles. The lowest BCUT2D eigenvalue weighted by atomic mass is 9.87. The minimum absolute atomic E-state index is 0.0273. The van der Waals surface area contributed by atoms with Gasteiger partial charge in [0.05, 0.1) is 5.60 Å². The molecule has 1 atom stereocenters. The molecule has 0 spiro atoms. The molecular weight excluding hydrogens is 246 g/mol. The summed E-state index contributed by atoms with van der Waals surface area (Å²) in [6, 6.07) is 9.57. The second-order valence-electron chi connectivity index (χ2n) is 6.74. The van der Waals surface area contributed by atoms with Crippen molar-refractivity contribution in [3.05, 3.63) is 35.4 Å². The molecule has 2 heteroatoms. The molecule has 0 aromatic heterocycles. The number of aryl methyl sites for hydroxylation is 1. The van der Waals surface area contributed by atoms with Crippen LogP contribution in [0, 0.1) is 6.92 Å². The van der Waals surface area contributed by atoms with Gasteiger partial charge in [-0.15, -0.1) is 0 Å². The Morgan fingerprint density at radius 1 is 1.30 bits per heavy atom. The number of hydrogen-bond acceptors (Lipinski definition) is 2. The Bertz CT molecular complexity index is 423. The fourth-order valence-electron chi connectivity index (χ4n) is 2.63. The van der Waals surface area contributed by atoms with E-state index < -0.39 is 0 Å².